The minimum absolute atomic E-state index is 0.163. The summed E-state index contributed by atoms with van der Waals surface area (Å²) in [4.78, 5) is 27.7. The topological polar surface area (TPSA) is 101 Å². The number of carbonyl (C=O) groups is 2. The van der Waals surface area contributed by atoms with Crippen molar-refractivity contribution in [2.24, 2.45) is 0 Å². The Labute approximate surface area is 219 Å². The van der Waals surface area contributed by atoms with E-state index in [1.807, 2.05) is 6.07 Å². The zero-order chi connectivity index (χ0) is 26.1. The van der Waals surface area contributed by atoms with Crippen LogP contribution in [0.15, 0.2) is 63.2 Å². The van der Waals surface area contributed by atoms with Crippen LogP contribution >= 0.6 is 23.5 Å². The first kappa shape index (κ1) is 28.2. The number of carboxylic acid groups (broad SMARTS) is 2. The maximum Gasteiger partial charge on any atom is 0.328 e. The van der Waals surface area contributed by atoms with E-state index in [1.165, 1.54) is 20.9 Å². The molecule has 0 saturated carbocycles. The molecule has 2 aliphatic rings. The Morgan fingerprint density at radius 2 is 1.75 bits per heavy atom. The first-order valence-electron chi connectivity index (χ1n) is 11.7. The van der Waals surface area contributed by atoms with Gasteiger partial charge in [0.05, 0.1) is 0 Å². The average Bonchev–Trinajstić information content (AvgIpc) is 3.02. The minimum atomic E-state index is -1.26. The van der Waals surface area contributed by atoms with E-state index >= 15 is 0 Å². The highest BCUT2D eigenvalue weighted by Crippen LogP contribution is 2.44. The molecule has 0 aliphatic carbocycles. The average molecular weight is 535 g/mol. The molecular formula is C26H31FN2O5S2. The van der Waals surface area contributed by atoms with Gasteiger partial charge in [0.15, 0.2) is 0 Å². The highest BCUT2D eigenvalue weighted by atomic mass is 32.2. The molecule has 1 unspecified atom stereocenters. The molecule has 0 amide bonds. The van der Waals surface area contributed by atoms with Crippen molar-refractivity contribution in [3.8, 4) is 0 Å². The van der Waals surface area contributed by atoms with Crippen molar-refractivity contribution < 1.29 is 29.3 Å². The molecule has 4 rings (SSSR count). The van der Waals surface area contributed by atoms with Gasteiger partial charge in [-0.3, -0.25) is 4.90 Å². The summed E-state index contributed by atoms with van der Waals surface area (Å²) in [7, 11) is 0. The number of aliphatic carboxylic acids is 2. The second-order valence-corrected chi connectivity index (χ2v) is 10.4. The van der Waals surface area contributed by atoms with E-state index < -0.39 is 11.9 Å². The molecule has 0 radical (unpaired) electrons. The van der Waals surface area contributed by atoms with Crippen LogP contribution in [0, 0.1) is 5.82 Å². The highest BCUT2D eigenvalue weighted by Gasteiger charge is 2.30. The Kier molecular flexibility index (Phi) is 10.8. The SMILES string of the molecule is CSc1ccc2c(c1)C(N1CCN(CCCO)CC1)Cc1ccc(F)cc1S2.O=C(O)/C=C\C(=O)O. The number of halogens is 1. The second-order valence-electron chi connectivity index (χ2n) is 8.44. The quantitative estimate of drug-likeness (QED) is 0.359. The van der Waals surface area contributed by atoms with E-state index in [2.05, 4.69) is 34.3 Å². The van der Waals surface area contributed by atoms with Crippen LogP contribution in [0.5, 0.6) is 0 Å². The highest BCUT2D eigenvalue weighted by molar-refractivity contribution is 7.99. The fraction of sp³-hybridized carbons (Fsp3) is 0.385. The number of aliphatic hydroxyl groups excluding tert-OH is 1. The summed E-state index contributed by atoms with van der Waals surface area (Å²) in [6, 6.07) is 12.3. The van der Waals surface area contributed by atoms with Crippen LogP contribution in [-0.4, -0.2) is 82.6 Å². The molecule has 2 heterocycles. The van der Waals surface area contributed by atoms with Crippen molar-refractivity contribution in [1.29, 1.82) is 0 Å². The van der Waals surface area contributed by atoms with Gasteiger partial charge in [0.1, 0.15) is 5.82 Å². The molecule has 2 aromatic carbocycles. The van der Waals surface area contributed by atoms with E-state index in [9.17, 15) is 14.0 Å². The van der Waals surface area contributed by atoms with E-state index in [0.717, 1.165) is 50.5 Å². The van der Waals surface area contributed by atoms with Gasteiger partial charge in [-0.15, -0.1) is 11.8 Å². The molecule has 194 valence electrons. The van der Waals surface area contributed by atoms with Crippen LogP contribution in [0.4, 0.5) is 4.39 Å². The molecule has 10 heteroatoms. The van der Waals surface area contributed by atoms with Gasteiger partial charge in [0.2, 0.25) is 0 Å². The number of piperazine rings is 1. The van der Waals surface area contributed by atoms with E-state index in [1.54, 1.807) is 35.7 Å². The number of aliphatic hydroxyl groups is 1. The molecule has 0 aromatic heterocycles. The van der Waals surface area contributed by atoms with Gasteiger partial charge >= 0.3 is 11.9 Å². The number of rotatable bonds is 7. The van der Waals surface area contributed by atoms with Crippen molar-refractivity contribution in [2.45, 2.75) is 33.6 Å². The van der Waals surface area contributed by atoms with Crippen molar-refractivity contribution in [1.82, 2.24) is 9.80 Å². The lowest BCUT2D eigenvalue weighted by molar-refractivity contribution is -0.134. The Bertz CT molecular complexity index is 1070. The molecule has 2 aromatic rings. The zero-order valence-corrected chi connectivity index (χ0v) is 21.7. The van der Waals surface area contributed by atoms with Crippen molar-refractivity contribution in [3.05, 3.63) is 65.5 Å². The Morgan fingerprint density at radius 3 is 2.36 bits per heavy atom. The Balaban J connectivity index is 0.000000392. The minimum Gasteiger partial charge on any atom is -0.478 e. The third-order valence-electron chi connectivity index (χ3n) is 6.09. The molecule has 1 saturated heterocycles. The van der Waals surface area contributed by atoms with Gasteiger partial charge in [0.25, 0.3) is 0 Å². The standard InChI is InChI=1S/C22H27FN2OS2.C4H4O4/c1-27-18-5-6-21-19(15-18)20(13-16-3-4-17(23)14-22(16)28-21)25-10-8-24(9-11-25)7-2-12-26;5-3(6)1-2-4(7)8/h3-6,14-15,20,26H,2,7-13H2,1H3;1-2H,(H,5,6)(H,7,8)/b;2-1-. The van der Waals surface area contributed by atoms with Crippen molar-refractivity contribution in [3.63, 3.8) is 0 Å². The van der Waals surface area contributed by atoms with Crippen molar-refractivity contribution >= 4 is 35.5 Å². The third-order valence-corrected chi connectivity index (χ3v) is 8.00. The molecule has 36 heavy (non-hydrogen) atoms. The van der Waals surface area contributed by atoms with Crippen LogP contribution in [0.1, 0.15) is 23.6 Å². The first-order chi connectivity index (χ1) is 17.3. The van der Waals surface area contributed by atoms with Crippen LogP contribution in [0.2, 0.25) is 0 Å². The largest absolute Gasteiger partial charge is 0.478 e. The summed E-state index contributed by atoms with van der Waals surface area (Å²) in [6.07, 6.45) is 5.00. The fourth-order valence-corrected chi connectivity index (χ4v) is 5.89. The van der Waals surface area contributed by atoms with E-state index in [0.29, 0.717) is 18.2 Å². The van der Waals surface area contributed by atoms with Gasteiger partial charge in [-0.25, -0.2) is 14.0 Å². The summed E-state index contributed by atoms with van der Waals surface area (Å²) in [5.74, 6) is -2.68. The van der Waals surface area contributed by atoms with Gasteiger partial charge in [-0.2, -0.15) is 0 Å². The molecule has 0 spiro atoms. The van der Waals surface area contributed by atoms with Gasteiger partial charge in [-0.1, -0.05) is 17.8 Å². The summed E-state index contributed by atoms with van der Waals surface area (Å²) >= 11 is 3.48. The fourth-order valence-electron chi connectivity index (χ4n) is 4.30. The normalized spacial score (nSPS) is 18.0. The summed E-state index contributed by atoms with van der Waals surface area (Å²) in [5.41, 5.74) is 2.61. The molecule has 3 N–H and O–H groups in total. The maximum absolute atomic E-state index is 13.9. The zero-order valence-electron chi connectivity index (χ0n) is 20.1. The smallest absolute Gasteiger partial charge is 0.328 e. The lowest BCUT2D eigenvalue weighted by atomic mass is 9.96. The number of thioether (sulfide) groups is 1. The Hall–Kier alpha value is -2.37. The molecule has 7 nitrogen and oxygen atoms in total. The predicted molar refractivity (Wildman–Crippen MR) is 139 cm³/mol. The predicted octanol–water partition coefficient (Wildman–Crippen LogP) is 4.01. The van der Waals surface area contributed by atoms with Crippen LogP contribution in [-0.2, 0) is 16.0 Å². The van der Waals surface area contributed by atoms with E-state index in [-0.39, 0.29) is 12.4 Å². The second kappa shape index (κ2) is 13.8. The number of nitrogens with zero attached hydrogens (tertiary/aromatic N) is 2. The summed E-state index contributed by atoms with van der Waals surface area (Å²) in [5, 5.41) is 24.7. The monoisotopic (exact) mass is 534 g/mol. The van der Waals surface area contributed by atoms with Crippen molar-refractivity contribution in [2.75, 3.05) is 45.6 Å². The molecule has 0 bridgehead atoms. The van der Waals surface area contributed by atoms with Crippen LogP contribution < -0.4 is 0 Å². The maximum atomic E-state index is 13.9. The van der Waals surface area contributed by atoms with E-state index in [4.69, 9.17) is 15.3 Å². The molecule has 1 fully saturated rings. The first-order valence-corrected chi connectivity index (χ1v) is 13.7. The van der Waals surface area contributed by atoms with Gasteiger partial charge in [-0.05, 0) is 60.6 Å². The van der Waals surface area contributed by atoms with Gasteiger partial charge in [0, 0.05) is 72.2 Å². The van der Waals surface area contributed by atoms with Gasteiger partial charge < -0.3 is 20.2 Å². The number of benzene rings is 2. The number of hydrogen-bond donors (Lipinski definition) is 3. The molecule has 2 aliphatic heterocycles. The Morgan fingerprint density at radius 1 is 1.06 bits per heavy atom. The molecular weight excluding hydrogens is 503 g/mol. The van der Waals surface area contributed by atoms with Crippen LogP contribution in [0.25, 0.3) is 0 Å². The lowest BCUT2D eigenvalue weighted by Crippen LogP contribution is -2.48. The summed E-state index contributed by atoms with van der Waals surface area (Å²) < 4.78 is 13.9. The molecule has 1 atom stereocenters. The summed E-state index contributed by atoms with van der Waals surface area (Å²) in [6.45, 7) is 5.37. The lowest BCUT2D eigenvalue weighted by Gasteiger charge is -2.39. The number of fused-ring (bicyclic) bond motifs is 2. The van der Waals surface area contributed by atoms with Crippen LogP contribution in [0.3, 0.4) is 0 Å². The third kappa shape index (κ3) is 8.07. The number of hydrogen-bond acceptors (Lipinski definition) is 7. The number of carboxylic acids is 2.